The second-order valence-electron chi connectivity index (χ2n) is 2.60. The lowest BCUT2D eigenvalue weighted by Crippen LogP contribution is -2.03. The van der Waals surface area contributed by atoms with Gasteiger partial charge in [0.15, 0.2) is 5.78 Å². The van der Waals surface area contributed by atoms with Gasteiger partial charge in [0.1, 0.15) is 0 Å². The molecule has 0 saturated heterocycles. The molecule has 0 bridgehead atoms. The lowest BCUT2D eigenvalue weighted by atomic mass is 10.3. The summed E-state index contributed by atoms with van der Waals surface area (Å²) in [5.74, 6) is 0.0903. The van der Waals surface area contributed by atoms with Crippen LogP contribution in [-0.2, 0) is 7.05 Å². The molecule has 0 spiro atoms. The van der Waals surface area contributed by atoms with Crippen LogP contribution in [0.3, 0.4) is 0 Å². The smallest absolute Gasteiger partial charge is 0.177 e. The minimum absolute atomic E-state index is 0.0903. The van der Waals surface area contributed by atoms with Crippen molar-refractivity contribution in [3.8, 4) is 0 Å². The van der Waals surface area contributed by atoms with E-state index in [9.17, 15) is 4.79 Å². The van der Waals surface area contributed by atoms with Crippen LogP contribution in [0.1, 0.15) is 23.1 Å². The summed E-state index contributed by atoms with van der Waals surface area (Å²) in [6.07, 6.45) is 0. The summed E-state index contributed by atoms with van der Waals surface area (Å²) >= 11 is 3.33. The zero-order chi connectivity index (χ0) is 8.59. The lowest BCUT2D eigenvalue weighted by molar-refractivity contribution is 0.100. The maximum Gasteiger partial charge on any atom is 0.177 e. The topological polar surface area (TPSA) is 22.0 Å². The predicted molar refractivity (Wildman–Crippen MR) is 47.9 cm³/mol. The van der Waals surface area contributed by atoms with Gasteiger partial charge in [0.2, 0.25) is 0 Å². The van der Waals surface area contributed by atoms with Crippen molar-refractivity contribution in [3.05, 3.63) is 21.9 Å². The molecule has 3 heteroatoms. The quantitative estimate of drug-likeness (QED) is 0.660. The Balaban J connectivity index is 3.34. The van der Waals surface area contributed by atoms with Gasteiger partial charge in [0.05, 0.1) is 5.69 Å². The molecule has 0 saturated carbocycles. The number of rotatable bonds is 1. The second-order valence-corrected chi connectivity index (χ2v) is 3.45. The van der Waals surface area contributed by atoms with Crippen LogP contribution in [-0.4, -0.2) is 10.4 Å². The van der Waals surface area contributed by atoms with Crippen LogP contribution in [0.2, 0.25) is 0 Å². The molecule has 0 aliphatic rings. The first-order valence-electron chi connectivity index (χ1n) is 3.36. The van der Waals surface area contributed by atoms with Crippen LogP contribution in [0.5, 0.6) is 0 Å². The van der Waals surface area contributed by atoms with Crippen LogP contribution in [0.25, 0.3) is 0 Å². The first kappa shape index (κ1) is 8.53. The summed E-state index contributed by atoms with van der Waals surface area (Å²) < 4.78 is 2.76. The average Bonchev–Trinajstić information content (AvgIpc) is 2.07. The molecule has 0 unspecified atom stereocenters. The Labute approximate surface area is 74.3 Å². The monoisotopic (exact) mass is 215 g/mol. The van der Waals surface area contributed by atoms with Crippen LogP contribution < -0.4 is 0 Å². The molecule has 1 aromatic heterocycles. The third kappa shape index (κ3) is 1.38. The number of nitrogens with zero attached hydrogens (tertiary/aromatic N) is 1. The molecule has 1 heterocycles. The first-order chi connectivity index (χ1) is 5.04. The Morgan fingerprint density at radius 1 is 1.64 bits per heavy atom. The van der Waals surface area contributed by atoms with Crippen LogP contribution in [0.4, 0.5) is 0 Å². The highest BCUT2D eigenvalue weighted by atomic mass is 79.9. The van der Waals surface area contributed by atoms with Gasteiger partial charge in [0.25, 0.3) is 0 Å². The van der Waals surface area contributed by atoms with Crippen molar-refractivity contribution in [2.24, 2.45) is 7.05 Å². The molecule has 0 amide bonds. The van der Waals surface area contributed by atoms with E-state index in [1.165, 1.54) is 0 Å². The maximum absolute atomic E-state index is 11.0. The van der Waals surface area contributed by atoms with Crippen molar-refractivity contribution in [1.29, 1.82) is 0 Å². The fraction of sp³-hybridized carbons (Fsp3) is 0.375. The van der Waals surface area contributed by atoms with E-state index in [1.54, 1.807) is 6.92 Å². The molecule has 0 N–H and O–H groups in total. The first-order valence-corrected chi connectivity index (χ1v) is 4.16. The number of carbonyl (C=O) groups excluding carboxylic acids is 1. The summed E-state index contributed by atoms with van der Waals surface area (Å²) in [5, 5.41) is 0. The minimum Gasteiger partial charge on any atom is -0.345 e. The predicted octanol–water partition coefficient (Wildman–Crippen LogP) is 2.30. The highest BCUT2D eigenvalue weighted by molar-refractivity contribution is 9.10. The van der Waals surface area contributed by atoms with Gasteiger partial charge in [0, 0.05) is 24.1 Å². The van der Waals surface area contributed by atoms with Crippen molar-refractivity contribution >= 4 is 21.7 Å². The number of Topliss-reactive ketones (excluding diaryl/α,β-unsaturated/α-hetero) is 1. The number of carbonyl (C=O) groups is 1. The van der Waals surface area contributed by atoms with E-state index >= 15 is 0 Å². The molecule has 1 rings (SSSR count). The van der Waals surface area contributed by atoms with Gasteiger partial charge in [-0.05, 0) is 28.9 Å². The molecule has 2 nitrogen and oxygen atoms in total. The minimum atomic E-state index is 0.0903. The number of hydrogen-bond donors (Lipinski definition) is 0. The average molecular weight is 216 g/mol. The fourth-order valence-electron chi connectivity index (χ4n) is 1.09. The van der Waals surface area contributed by atoms with Crippen molar-refractivity contribution in [2.75, 3.05) is 0 Å². The lowest BCUT2D eigenvalue weighted by Gasteiger charge is -2.00. The van der Waals surface area contributed by atoms with Crippen molar-refractivity contribution in [1.82, 2.24) is 4.57 Å². The number of aryl methyl sites for hydroxylation is 1. The van der Waals surface area contributed by atoms with Crippen LogP contribution in [0, 0.1) is 6.92 Å². The summed E-state index contributed by atoms with van der Waals surface area (Å²) in [4.78, 5) is 11.0. The molecule has 1 aromatic rings. The van der Waals surface area contributed by atoms with E-state index in [-0.39, 0.29) is 5.78 Å². The van der Waals surface area contributed by atoms with E-state index in [4.69, 9.17) is 0 Å². The van der Waals surface area contributed by atoms with Crippen molar-refractivity contribution < 1.29 is 4.79 Å². The van der Waals surface area contributed by atoms with Gasteiger partial charge < -0.3 is 4.57 Å². The van der Waals surface area contributed by atoms with E-state index in [0.717, 1.165) is 15.9 Å². The molecule has 0 radical (unpaired) electrons. The number of halogens is 1. The Hall–Kier alpha value is -0.570. The molecular formula is C8H10BrNO. The molecule has 60 valence electrons. The fourth-order valence-corrected chi connectivity index (χ4v) is 1.97. The van der Waals surface area contributed by atoms with Gasteiger partial charge >= 0.3 is 0 Å². The van der Waals surface area contributed by atoms with Gasteiger partial charge in [-0.2, -0.15) is 0 Å². The van der Waals surface area contributed by atoms with E-state index in [0.29, 0.717) is 0 Å². The molecule has 11 heavy (non-hydrogen) atoms. The van der Waals surface area contributed by atoms with Gasteiger partial charge in [-0.1, -0.05) is 0 Å². The second kappa shape index (κ2) is 2.81. The SMILES string of the molecule is CC(=O)c1c(Br)cc(C)n1C. The molecule has 0 atom stereocenters. The Morgan fingerprint density at radius 3 is 2.36 bits per heavy atom. The molecule has 0 aliphatic carbocycles. The highest BCUT2D eigenvalue weighted by Crippen LogP contribution is 2.20. The maximum atomic E-state index is 11.0. The van der Waals surface area contributed by atoms with Crippen LogP contribution >= 0.6 is 15.9 Å². The van der Waals surface area contributed by atoms with Gasteiger partial charge in [-0.25, -0.2) is 0 Å². The molecule has 0 aromatic carbocycles. The number of hydrogen-bond acceptors (Lipinski definition) is 1. The number of aromatic nitrogens is 1. The summed E-state index contributed by atoms with van der Waals surface area (Å²) in [6, 6.07) is 1.94. The van der Waals surface area contributed by atoms with E-state index in [2.05, 4.69) is 15.9 Å². The third-order valence-electron chi connectivity index (χ3n) is 1.76. The Kier molecular flexibility index (Phi) is 2.18. The molecular weight excluding hydrogens is 206 g/mol. The summed E-state index contributed by atoms with van der Waals surface area (Å²) in [6.45, 7) is 3.54. The zero-order valence-corrected chi connectivity index (χ0v) is 8.40. The highest BCUT2D eigenvalue weighted by Gasteiger charge is 2.11. The molecule has 0 aliphatic heterocycles. The third-order valence-corrected chi connectivity index (χ3v) is 2.36. The van der Waals surface area contributed by atoms with Crippen LogP contribution in [0.15, 0.2) is 10.5 Å². The van der Waals surface area contributed by atoms with Gasteiger partial charge in [-0.3, -0.25) is 4.79 Å². The normalized spacial score (nSPS) is 10.2. The summed E-state index contributed by atoms with van der Waals surface area (Å²) in [5.41, 5.74) is 1.82. The molecule has 0 fully saturated rings. The van der Waals surface area contributed by atoms with E-state index < -0.39 is 0 Å². The van der Waals surface area contributed by atoms with E-state index in [1.807, 2.05) is 24.6 Å². The van der Waals surface area contributed by atoms with Gasteiger partial charge in [-0.15, -0.1) is 0 Å². The zero-order valence-electron chi connectivity index (χ0n) is 6.81. The number of ketones is 1. The Bertz CT molecular complexity index is 301. The largest absolute Gasteiger partial charge is 0.345 e. The van der Waals surface area contributed by atoms with Crippen molar-refractivity contribution in [3.63, 3.8) is 0 Å². The standard InChI is InChI=1S/C8H10BrNO/c1-5-4-7(9)8(6(2)11)10(5)3/h4H,1-3H3. The Morgan fingerprint density at radius 2 is 2.18 bits per heavy atom. The summed E-state index contributed by atoms with van der Waals surface area (Å²) in [7, 11) is 1.89. The van der Waals surface area contributed by atoms with Crippen molar-refractivity contribution in [2.45, 2.75) is 13.8 Å².